The summed E-state index contributed by atoms with van der Waals surface area (Å²) in [6.07, 6.45) is 3.31. The molecule has 0 spiro atoms. The van der Waals surface area contributed by atoms with Crippen LogP contribution in [0.3, 0.4) is 0 Å². The number of hydrogen-bond donors (Lipinski definition) is 0. The summed E-state index contributed by atoms with van der Waals surface area (Å²) in [6.45, 7) is 0. The Balaban J connectivity index is 0.000000129. The Labute approximate surface area is 138 Å². The van der Waals surface area contributed by atoms with Crippen LogP contribution >= 0.6 is 0 Å². The van der Waals surface area contributed by atoms with Gasteiger partial charge in [0.05, 0.1) is 6.20 Å². The summed E-state index contributed by atoms with van der Waals surface area (Å²) in [5.41, 5.74) is 0.637. The zero-order valence-corrected chi connectivity index (χ0v) is 12.9. The van der Waals surface area contributed by atoms with Crippen LogP contribution in [0.1, 0.15) is 0 Å². The first kappa shape index (κ1) is 14.2. The molecule has 0 aliphatic carbocycles. The number of aromatic nitrogens is 4. The molecule has 114 valence electrons. The maximum absolute atomic E-state index is 3.97. The second-order valence-corrected chi connectivity index (χ2v) is 5.40. The first-order valence-electron chi connectivity index (χ1n) is 7.67. The van der Waals surface area contributed by atoms with Gasteiger partial charge in [0.1, 0.15) is 0 Å². The zero-order chi connectivity index (χ0) is 16.2. The Morgan fingerprint density at radius 2 is 1.12 bits per heavy atom. The van der Waals surface area contributed by atoms with Crippen LogP contribution in [0.15, 0.2) is 85.2 Å². The lowest BCUT2D eigenvalue weighted by Gasteiger charge is -2.00. The van der Waals surface area contributed by atoms with E-state index in [-0.39, 0.29) is 0 Å². The van der Waals surface area contributed by atoms with Crippen molar-refractivity contribution in [3.05, 3.63) is 85.2 Å². The van der Waals surface area contributed by atoms with Crippen LogP contribution in [0.5, 0.6) is 0 Å². The van der Waals surface area contributed by atoms with Gasteiger partial charge in [-0.05, 0) is 51.0 Å². The molecule has 0 N–H and O–H groups in total. The summed E-state index contributed by atoms with van der Waals surface area (Å²) in [7, 11) is 0. The normalized spacial score (nSPS) is 10.5. The zero-order valence-electron chi connectivity index (χ0n) is 12.9. The number of rotatable bonds is 0. The Morgan fingerprint density at radius 3 is 1.67 bits per heavy atom. The fourth-order valence-electron chi connectivity index (χ4n) is 2.63. The highest BCUT2D eigenvalue weighted by Crippen LogP contribution is 2.22. The van der Waals surface area contributed by atoms with Crippen molar-refractivity contribution in [1.29, 1.82) is 0 Å². The Morgan fingerprint density at radius 1 is 0.583 bits per heavy atom. The van der Waals surface area contributed by atoms with Gasteiger partial charge < -0.3 is 0 Å². The van der Waals surface area contributed by atoms with Crippen LogP contribution < -0.4 is 0 Å². The molecule has 2 aromatic heterocycles. The lowest BCUT2D eigenvalue weighted by molar-refractivity contribution is 0.885. The van der Waals surface area contributed by atoms with Crippen LogP contribution in [0.2, 0.25) is 0 Å². The SMILES string of the molecule is c1ccc2cc3ccccc3cc2c1.c1cnc2nnncc2c1. The molecular weight excluding hydrogens is 296 g/mol. The number of fused-ring (bicyclic) bond motifs is 3. The second kappa shape index (κ2) is 6.38. The van der Waals surface area contributed by atoms with Gasteiger partial charge in [0.2, 0.25) is 0 Å². The first-order valence-corrected chi connectivity index (χ1v) is 7.67. The largest absolute Gasteiger partial charge is 0.235 e. The minimum absolute atomic E-state index is 0.637. The van der Waals surface area contributed by atoms with E-state index in [4.69, 9.17) is 0 Å². The highest BCUT2D eigenvalue weighted by Gasteiger charge is 1.95. The molecule has 0 unspecified atom stereocenters. The van der Waals surface area contributed by atoms with Crippen molar-refractivity contribution in [2.75, 3.05) is 0 Å². The van der Waals surface area contributed by atoms with E-state index in [1.165, 1.54) is 21.5 Å². The first-order chi connectivity index (χ1) is 11.9. The molecule has 0 saturated heterocycles. The molecule has 0 radical (unpaired) electrons. The molecule has 0 amide bonds. The molecule has 5 rings (SSSR count). The van der Waals surface area contributed by atoms with Crippen LogP contribution in [-0.4, -0.2) is 20.4 Å². The molecule has 0 aliphatic heterocycles. The van der Waals surface area contributed by atoms with Gasteiger partial charge in [0, 0.05) is 11.6 Å². The third-order valence-corrected chi connectivity index (χ3v) is 3.82. The number of benzene rings is 3. The number of nitrogens with zero attached hydrogens (tertiary/aromatic N) is 4. The van der Waals surface area contributed by atoms with Crippen molar-refractivity contribution >= 4 is 32.6 Å². The van der Waals surface area contributed by atoms with Crippen LogP contribution in [0, 0.1) is 0 Å². The number of pyridine rings is 1. The molecule has 0 fully saturated rings. The molecular formula is C20H14N4. The standard InChI is InChI=1S/C14H10.C6H4N4/c1-2-6-12-10-14-8-4-3-7-13(14)9-11(12)5-1;1-2-5-4-8-10-9-6(5)7-3-1/h1-10H;1-4H. The molecule has 2 heterocycles. The van der Waals surface area contributed by atoms with Crippen LogP contribution in [0.25, 0.3) is 32.6 Å². The maximum Gasteiger partial charge on any atom is 0.185 e. The molecule has 0 saturated carbocycles. The van der Waals surface area contributed by atoms with Gasteiger partial charge in [0.25, 0.3) is 0 Å². The average Bonchev–Trinajstić information content (AvgIpc) is 2.67. The summed E-state index contributed by atoms with van der Waals surface area (Å²) in [6, 6.07) is 25.2. The van der Waals surface area contributed by atoms with E-state index in [0.717, 1.165) is 5.39 Å². The molecule has 24 heavy (non-hydrogen) atoms. The topological polar surface area (TPSA) is 51.6 Å². The summed E-state index contributed by atoms with van der Waals surface area (Å²) < 4.78 is 0. The van der Waals surface area contributed by atoms with E-state index in [2.05, 4.69) is 81.1 Å². The highest BCUT2D eigenvalue weighted by molar-refractivity contribution is 5.98. The molecule has 0 atom stereocenters. The summed E-state index contributed by atoms with van der Waals surface area (Å²) in [5.74, 6) is 0. The highest BCUT2D eigenvalue weighted by atomic mass is 15.3. The van der Waals surface area contributed by atoms with E-state index in [1.807, 2.05) is 12.1 Å². The van der Waals surface area contributed by atoms with Crippen molar-refractivity contribution in [1.82, 2.24) is 20.4 Å². The lowest BCUT2D eigenvalue weighted by atomic mass is 10.0. The molecule has 0 aliphatic rings. The predicted octanol–water partition coefficient (Wildman–Crippen LogP) is 4.41. The predicted molar refractivity (Wildman–Crippen MR) is 96.6 cm³/mol. The van der Waals surface area contributed by atoms with E-state index < -0.39 is 0 Å². The van der Waals surface area contributed by atoms with Gasteiger partial charge in [0.15, 0.2) is 5.65 Å². The molecule has 3 aromatic carbocycles. The third-order valence-electron chi connectivity index (χ3n) is 3.82. The summed E-state index contributed by atoms with van der Waals surface area (Å²) in [4.78, 5) is 3.97. The minimum Gasteiger partial charge on any atom is -0.235 e. The Bertz CT molecular complexity index is 951. The van der Waals surface area contributed by atoms with Crippen molar-refractivity contribution in [3.8, 4) is 0 Å². The molecule has 5 aromatic rings. The smallest absolute Gasteiger partial charge is 0.185 e. The monoisotopic (exact) mass is 310 g/mol. The average molecular weight is 310 g/mol. The van der Waals surface area contributed by atoms with Crippen molar-refractivity contribution in [2.24, 2.45) is 0 Å². The second-order valence-electron chi connectivity index (χ2n) is 5.40. The van der Waals surface area contributed by atoms with Gasteiger partial charge in [-0.3, -0.25) is 0 Å². The van der Waals surface area contributed by atoms with E-state index in [9.17, 15) is 0 Å². The summed E-state index contributed by atoms with van der Waals surface area (Å²) in [5, 5.41) is 16.9. The van der Waals surface area contributed by atoms with Gasteiger partial charge in [-0.25, -0.2) is 4.98 Å². The van der Waals surface area contributed by atoms with Crippen molar-refractivity contribution in [2.45, 2.75) is 0 Å². The molecule has 0 bridgehead atoms. The van der Waals surface area contributed by atoms with Gasteiger partial charge in [-0.1, -0.05) is 48.5 Å². The van der Waals surface area contributed by atoms with Gasteiger partial charge >= 0.3 is 0 Å². The van der Waals surface area contributed by atoms with Crippen molar-refractivity contribution in [3.63, 3.8) is 0 Å². The Kier molecular flexibility index (Phi) is 3.78. The van der Waals surface area contributed by atoms with E-state index in [0.29, 0.717) is 5.65 Å². The van der Waals surface area contributed by atoms with E-state index in [1.54, 1.807) is 12.4 Å². The fraction of sp³-hybridized carbons (Fsp3) is 0. The third kappa shape index (κ3) is 2.90. The quantitative estimate of drug-likeness (QED) is 0.397. The van der Waals surface area contributed by atoms with Gasteiger partial charge in [-0.2, -0.15) is 0 Å². The fourth-order valence-corrected chi connectivity index (χ4v) is 2.63. The van der Waals surface area contributed by atoms with Crippen LogP contribution in [-0.2, 0) is 0 Å². The van der Waals surface area contributed by atoms with E-state index >= 15 is 0 Å². The van der Waals surface area contributed by atoms with Gasteiger partial charge in [-0.15, -0.1) is 10.2 Å². The summed E-state index contributed by atoms with van der Waals surface area (Å²) >= 11 is 0. The maximum atomic E-state index is 3.97. The van der Waals surface area contributed by atoms with Crippen molar-refractivity contribution < 1.29 is 0 Å². The molecule has 4 nitrogen and oxygen atoms in total. The lowest BCUT2D eigenvalue weighted by Crippen LogP contribution is -1.88. The minimum atomic E-state index is 0.637. The number of hydrogen-bond acceptors (Lipinski definition) is 4. The Hall–Kier alpha value is -3.40. The van der Waals surface area contributed by atoms with Crippen LogP contribution in [0.4, 0.5) is 0 Å². The molecule has 4 heteroatoms.